The van der Waals surface area contributed by atoms with E-state index in [1.165, 1.54) is 0 Å². The maximum atomic E-state index is 5.88. The minimum Gasteiger partial charge on any atom is -0.330 e. The van der Waals surface area contributed by atoms with Crippen molar-refractivity contribution in [2.45, 2.75) is 6.92 Å². The number of hydrogen-bond donors (Lipinski definition) is 6. The van der Waals surface area contributed by atoms with Crippen molar-refractivity contribution in [1.29, 1.82) is 0 Å². The molecule has 0 atom stereocenters. The second-order valence-corrected chi connectivity index (χ2v) is 5.54. The number of rotatable bonds is 2. The molecule has 0 aliphatic carbocycles. The lowest BCUT2D eigenvalue weighted by molar-refractivity contribution is 0.234. The summed E-state index contributed by atoms with van der Waals surface area (Å²) in [6.07, 6.45) is 0. The molecule has 1 fully saturated rings. The molecule has 0 spiro atoms. The molecule has 1 heterocycles. The Kier molecular flexibility index (Phi) is 8.47. The van der Waals surface area contributed by atoms with Crippen molar-refractivity contribution in [3.8, 4) is 0 Å². The summed E-state index contributed by atoms with van der Waals surface area (Å²) in [4.78, 5) is 2.13. The highest BCUT2D eigenvalue weighted by Gasteiger charge is 2.21. The highest BCUT2D eigenvalue weighted by Crippen LogP contribution is 2.10. The molecule has 19 heavy (non-hydrogen) atoms. The Bertz CT molecular complexity index is 208. The van der Waals surface area contributed by atoms with Crippen LogP contribution in [0.4, 0.5) is 0 Å². The Hall–Kier alpha value is -0.280. The van der Waals surface area contributed by atoms with Crippen molar-refractivity contribution in [2.24, 2.45) is 16.9 Å². The summed E-state index contributed by atoms with van der Waals surface area (Å²) in [5.41, 5.74) is 11.7. The van der Waals surface area contributed by atoms with E-state index in [0.29, 0.717) is 13.2 Å². The summed E-state index contributed by atoms with van der Waals surface area (Å²) < 4.78 is 0. The van der Waals surface area contributed by atoms with Gasteiger partial charge in [-0.25, -0.2) is 0 Å². The third-order valence-electron chi connectivity index (χ3n) is 3.48. The van der Waals surface area contributed by atoms with Crippen LogP contribution >= 0.6 is 0 Å². The molecule has 8 N–H and O–H groups in total. The fourth-order valence-electron chi connectivity index (χ4n) is 2.00. The van der Waals surface area contributed by atoms with Gasteiger partial charge in [0.05, 0.1) is 13.3 Å². The van der Waals surface area contributed by atoms with Gasteiger partial charge in [-0.1, -0.05) is 6.92 Å². The molecule has 0 amide bonds. The van der Waals surface area contributed by atoms with E-state index in [0.717, 1.165) is 52.6 Å². The largest absolute Gasteiger partial charge is 0.330 e. The molecule has 0 aromatic heterocycles. The lowest BCUT2D eigenvalue weighted by Gasteiger charge is -2.29. The molecular formula is C12H31N7. The second-order valence-electron chi connectivity index (χ2n) is 5.54. The highest BCUT2D eigenvalue weighted by molar-refractivity contribution is 4.80. The average Bonchev–Trinajstić information content (AvgIpc) is 2.43. The average molecular weight is 273 g/mol. The van der Waals surface area contributed by atoms with E-state index in [1.807, 2.05) is 0 Å². The Labute approximate surface area is 116 Å². The van der Waals surface area contributed by atoms with Gasteiger partial charge in [0.1, 0.15) is 0 Å². The fourth-order valence-corrected chi connectivity index (χ4v) is 2.00. The smallest absolute Gasteiger partial charge is 0.0505 e. The molecule has 1 aliphatic heterocycles. The third kappa shape index (κ3) is 7.17. The Balaban J connectivity index is 2.37. The van der Waals surface area contributed by atoms with E-state index in [1.54, 1.807) is 0 Å². The quantitative estimate of drug-likeness (QED) is 0.329. The van der Waals surface area contributed by atoms with Gasteiger partial charge in [0.25, 0.3) is 0 Å². The molecule has 0 bridgehead atoms. The van der Waals surface area contributed by atoms with Crippen LogP contribution in [0.5, 0.6) is 0 Å². The van der Waals surface area contributed by atoms with Crippen LogP contribution in [0.1, 0.15) is 6.92 Å². The fraction of sp³-hybridized carbons (Fsp3) is 1.00. The van der Waals surface area contributed by atoms with Crippen LogP contribution in [0.2, 0.25) is 0 Å². The van der Waals surface area contributed by atoms with Crippen molar-refractivity contribution in [3.63, 3.8) is 0 Å². The first kappa shape index (κ1) is 16.8. The minimum atomic E-state index is 0.118. The molecule has 1 rings (SSSR count). The summed E-state index contributed by atoms with van der Waals surface area (Å²) in [6.45, 7) is 10.7. The van der Waals surface area contributed by atoms with Crippen LogP contribution in [-0.2, 0) is 0 Å². The number of nitrogens with one attached hydrogen (secondary N) is 4. The monoisotopic (exact) mass is 273 g/mol. The van der Waals surface area contributed by atoms with Crippen LogP contribution < -0.4 is 32.7 Å². The van der Waals surface area contributed by atoms with Gasteiger partial charge >= 0.3 is 0 Å². The molecule has 0 saturated carbocycles. The summed E-state index contributed by atoms with van der Waals surface area (Å²) in [6, 6.07) is 0. The molecule has 1 aliphatic rings. The van der Waals surface area contributed by atoms with Crippen molar-refractivity contribution < 1.29 is 0 Å². The van der Waals surface area contributed by atoms with E-state index in [-0.39, 0.29) is 5.41 Å². The van der Waals surface area contributed by atoms with E-state index >= 15 is 0 Å². The van der Waals surface area contributed by atoms with Crippen LogP contribution in [0.15, 0.2) is 0 Å². The van der Waals surface area contributed by atoms with Gasteiger partial charge in [-0.2, -0.15) is 0 Å². The zero-order chi connectivity index (χ0) is 14.0. The van der Waals surface area contributed by atoms with E-state index in [4.69, 9.17) is 11.5 Å². The molecule has 0 aromatic carbocycles. The highest BCUT2D eigenvalue weighted by atomic mass is 15.3. The maximum absolute atomic E-state index is 5.88. The van der Waals surface area contributed by atoms with Crippen LogP contribution in [0.3, 0.4) is 0 Å². The van der Waals surface area contributed by atoms with Gasteiger partial charge in [-0.05, 0) is 0 Å². The first-order valence-electron chi connectivity index (χ1n) is 7.15. The third-order valence-corrected chi connectivity index (χ3v) is 3.48. The van der Waals surface area contributed by atoms with Crippen molar-refractivity contribution in [1.82, 2.24) is 26.2 Å². The maximum Gasteiger partial charge on any atom is 0.0505 e. The van der Waals surface area contributed by atoms with Crippen LogP contribution in [0, 0.1) is 5.41 Å². The van der Waals surface area contributed by atoms with Gasteiger partial charge in [0.15, 0.2) is 0 Å². The van der Waals surface area contributed by atoms with E-state index < -0.39 is 0 Å². The van der Waals surface area contributed by atoms with Gasteiger partial charge in [-0.15, -0.1) is 0 Å². The summed E-state index contributed by atoms with van der Waals surface area (Å²) in [5, 5.41) is 13.7. The minimum absolute atomic E-state index is 0.118. The first-order valence-corrected chi connectivity index (χ1v) is 7.15. The molecular weight excluding hydrogens is 242 g/mol. The van der Waals surface area contributed by atoms with Crippen LogP contribution in [-0.4, -0.2) is 70.7 Å². The molecule has 114 valence electrons. The van der Waals surface area contributed by atoms with Crippen LogP contribution in [0.25, 0.3) is 0 Å². The zero-order valence-corrected chi connectivity index (χ0v) is 12.2. The van der Waals surface area contributed by atoms with Crippen molar-refractivity contribution >= 4 is 0 Å². The molecule has 0 unspecified atom stereocenters. The molecule has 1 saturated heterocycles. The Morgan fingerprint density at radius 3 is 1.79 bits per heavy atom. The predicted octanol–water partition coefficient (Wildman–Crippen LogP) is -2.54. The normalized spacial score (nSPS) is 24.8. The Morgan fingerprint density at radius 1 is 0.895 bits per heavy atom. The number of nitrogens with two attached hydrogens (primary N) is 2. The standard InChI is InChI=1S/C12H31N7/c1-12(6-13)7-15-2-4-17-10-19(9-14)11-18-5-3-16-8-12/h15-18H,2-11,13-14H2,1H3. The van der Waals surface area contributed by atoms with Gasteiger partial charge in [0, 0.05) is 57.9 Å². The van der Waals surface area contributed by atoms with Gasteiger partial charge in [-0.3, -0.25) is 4.90 Å². The summed E-state index contributed by atoms with van der Waals surface area (Å²) in [7, 11) is 0. The van der Waals surface area contributed by atoms with E-state index in [2.05, 4.69) is 33.1 Å². The van der Waals surface area contributed by atoms with Gasteiger partial charge in [0.2, 0.25) is 0 Å². The molecule has 7 nitrogen and oxygen atoms in total. The summed E-state index contributed by atoms with van der Waals surface area (Å²) in [5.74, 6) is 0. The van der Waals surface area contributed by atoms with Gasteiger partial charge < -0.3 is 32.7 Å². The molecule has 0 radical (unpaired) electrons. The van der Waals surface area contributed by atoms with Crippen molar-refractivity contribution in [2.75, 3.05) is 65.8 Å². The first-order chi connectivity index (χ1) is 9.20. The Morgan fingerprint density at radius 2 is 1.37 bits per heavy atom. The predicted molar refractivity (Wildman–Crippen MR) is 79.5 cm³/mol. The van der Waals surface area contributed by atoms with E-state index in [9.17, 15) is 0 Å². The molecule has 7 heteroatoms. The summed E-state index contributed by atoms with van der Waals surface area (Å²) >= 11 is 0. The zero-order valence-electron chi connectivity index (χ0n) is 12.2. The lowest BCUT2D eigenvalue weighted by atomic mass is 9.90. The van der Waals surface area contributed by atoms with Crippen molar-refractivity contribution in [3.05, 3.63) is 0 Å². The SMILES string of the molecule is CC1(CN)CNCCNCN(CN)CNCCNC1. The number of nitrogens with zero attached hydrogens (tertiary/aromatic N) is 1. The number of hydrogen-bond acceptors (Lipinski definition) is 7. The topological polar surface area (TPSA) is 103 Å². The molecule has 0 aromatic rings. The second kappa shape index (κ2) is 9.60. The lowest BCUT2D eigenvalue weighted by Crippen LogP contribution is -2.50.